The molecule has 1 aliphatic rings. The molecular weight excluding hydrogens is 222 g/mol. The number of hydrogen-bond acceptors (Lipinski definition) is 3. The van der Waals surface area contributed by atoms with Crippen LogP contribution in [0.5, 0.6) is 0 Å². The number of pyridine rings is 1. The van der Waals surface area contributed by atoms with Gasteiger partial charge >= 0.3 is 0 Å². The first-order valence-corrected chi connectivity index (χ1v) is 6.97. The Morgan fingerprint density at radius 2 is 1.89 bits per heavy atom. The molecule has 3 unspecified atom stereocenters. The normalized spacial score (nSPS) is 30.1. The standard InChI is InChI=1S/C15H25N3/c1-10-4-11(2)6-13(5-10)15(18-16)14-7-12(3)8-17-9-14/h7-11,13,15,18H,4-6,16H2,1-3H3. The summed E-state index contributed by atoms with van der Waals surface area (Å²) in [5.74, 6) is 8.02. The van der Waals surface area contributed by atoms with Crippen LogP contribution >= 0.6 is 0 Å². The van der Waals surface area contributed by atoms with Crippen LogP contribution < -0.4 is 11.3 Å². The molecule has 1 aliphatic carbocycles. The maximum absolute atomic E-state index is 5.80. The molecule has 0 radical (unpaired) electrons. The van der Waals surface area contributed by atoms with E-state index in [1.54, 1.807) is 0 Å². The predicted octanol–water partition coefficient (Wildman–Crippen LogP) is 2.97. The van der Waals surface area contributed by atoms with Gasteiger partial charge in [-0.05, 0) is 55.1 Å². The van der Waals surface area contributed by atoms with Gasteiger partial charge in [0.15, 0.2) is 0 Å². The number of aromatic nitrogens is 1. The highest BCUT2D eigenvalue weighted by Gasteiger charge is 2.30. The van der Waals surface area contributed by atoms with Crippen molar-refractivity contribution in [3.05, 3.63) is 29.6 Å². The quantitative estimate of drug-likeness (QED) is 0.638. The minimum atomic E-state index is 0.239. The van der Waals surface area contributed by atoms with Crippen molar-refractivity contribution in [2.24, 2.45) is 23.6 Å². The molecule has 0 spiro atoms. The van der Waals surface area contributed by atoms with E-state index >= 15 is 0 Å². The fourth-order valence-electron chi connectivity index (χ4n) is 3.53. The molecular formula is C15H25N3. The van der Waals surface area contributed by atoms with Gasteiger partial charge in [-0.25, -0.2) is 0 Å². The molecule has 2 rings (SSSR count). The number of hydrazine groups is 1. The topological polar surface area (TPSA) is 50.9 Å². The van der Waals surface area contributed by atoms with Crippen LogP contribution in [0.2, 0.25) is 0 Å². The van der Waals surface area contributed by atoms with Crippen LogP contribution in [0.3, 0.4) is 0 Å². The van der Waals surface area contributed by atoms with Crippen molar-refractivity contribution in [1.29, 1.82) is 0 Å². The van der Waals surface area contributed by atoms with Crippen molar-refractivity contribution in [3.63, 3.8) is 0 Å². The van der Waals surface area contributed by atoms with Crippen LogP contribution in [-0.4, -0.2) is 4.98 Å². The lowest BCUT2D eigenvalue weighted by Crippen LogP contribution is -2.37. The molecule has 3 N–H and O–H groups in total. The Balaban J connectivity index is 2.17. The Morgan fingerprint density at radius 3 is 2.44 bits per heavy atom. The number of hydrogen-bond donors (Lipinski definition) is 2. The largest absolute Gasteiger partial charge is 0.271 e. The summed E-state index contributed by atoms with van der Waals surface area (Å²) in [6.45, 7) is 6.78. The Morgan fingerprint density at radius 1 is 1.22 bits per heavy atom. The molecule has 100 valence electrons. The lowest BCUT2D eigenvalue weighted by Gasteiger charge is -2.36. The summed E-state index contributed by atoms with van der Waals surface area (Å²) < 4.78 is 0. The molecule has 3 heteroatoms. The van der Waals surface area contributed by atoms with E-state index in [9.17, 15) is 0 Å². The van der Waals surface area contributed by atoms with E-state index in [0.29, 0.717) is 5.92 Å². The average molecular weight is 247 g/mol. The van der Waals surface area contributed by atoms with Crippen molar-refractivity contribution in [1.82, 2.24) is 10.4 Å². The van der Waals surface area contributed by atoms with Gasteiger partial charge in [0.25, 0.3) is 0 Å². The van der Waals surface area contributed by atoms with E-state index in [4.69, 9.17) is 5.84 Å². The predicted molar refractivity (Wildman–Crippen MR) is 74.7 cm³/mol. The number of nitrogens with zero attached hydrogens (tertiary/aromatic N) is 1. The second kappa shape index (κ2) is 5.81. The fourth-order valence-corrected chi connectivity index (χ4v) is 3.53. The van der Waals surface area contributed by atoms with Crippen molar-refractivity contribution < 1.29 is 0 Å². The van der Waals surface area contributed by atoms with Crippen LogP contribution in [0.25, 0.3) is 0 Å². The van der Waals surface area contributed by atoms with E-state index in [1.807, 2.05) is 12.4 Å². The van der Waals surface area contributed by atoms with Gasteiger partial charge < -0.3 is 0 Å². The fraction of sp³-hybridized carbons (Fsp3) is 0.667. The van der Waals surface area contributed by atoms with E-state index in [2.05, 4.69) is 37.2 Å². The minimum Gasteiger partial charge on any atom is -0.271 e. The van der Waals surface area contributed by atoms with Gasteiger partial charge in [-0.3, -0.25) is 16.3 Å². The number of nitrogens with two attached hydrogens (primary N) is 1. The maximum atomic E-state index is 5.80. The highest BCUT2D eigenvalue weighted by molar-refractivity contribution is 5.21. The first-order valence-electron chi connectivity index (χ1n) is 6.97. The summed E-state index contributed by atoms with van der Waals surface area (Å²) in [7, 11) is 0. The molecule has 0 saturated heterocycles. The Hall–Kier alpha value is -0.930. The van der Waals surface area contributed by atoms with Crippen LogP contribution in [0, 0.1) is 24.7 Å². The minimum absolute atomic E-state index is 0.239. The van der Waals surface area contributed by atoms with Gasteiger partial charge in [0.2, 0.25) is 0 Å². The van der Waals surface area contributed by atoms with E-state index < -0.39 is 0 Å². The monoisotopic (exact) mass is 247 g/mol. The summed E-state index contributed by atoms with van der Waals surface area (Å²) in [6, 6.07) is 2.43. The van der Waals surface area contributed by atoms with Gasteiger partial charge in [-0.15, -0.1) is 0 Å². The van der Waals surface area contributed by atoms with Gasteiger partial charge in [0.05, 0.1) is 6.04 Å². The van der Waals surface area contributed by atoms with Crippen molar-refractivity contribution in [3.8, 4) is 0 Å². The van der Waals surface area contributed by atoms with Gasteiger partial charge in [0.1, 0.15) is 0 Å². The molecule has 3 nitrogen and oxygen atoms in total. The van der Waals surface area contributed by atoms with Gasteiger partial charge in [0, 0.05) is 12.4 Å². The molecule has 1 heterocycles. The number of aryl methyl sites for hydroxylation is 1. The Labute approximate surface area is 110 Å². The molecule has 3 atom stereocenters. The lowest BCUT2D eigenvalue weighted by atomic mass is 9.72. The zero-order valence-corrected chi connectivity index (χ0v) is 11.7. The van der Waals surface area contributed by atoms with E-state index in [-0.39, 0.29) is 6.04 Å². The van der Waals surface area contributed by atoms with Crippen LogP contribution in [-0.2, 0) is 0 Å². The molecule has 18 heavy (non-hydrogen) atoms. The van der Waals surface area contributed by atoms with Gasteiger partial charge in [-0.2, -0.15) is 0 Å². The Bertz CT molecular complexity index is 381. The van der Waals surface area contributed by atoms with E-state index in [0.717, 1.165) is 11.8 Å². The van der Waals surface area contributed by atoms with Crippen LogP contribution in [0.15, 0.2) is 18.5 Å². The number of nitrogens with one attached hydrogen (secondary N) is 1. The summed E-state index contributed by atoms with van der Waals surface area (Å²) in [5, 5.41) is 0. The third kappa shape index (κ3) is 3.09. The van der Waals surface area contributed by atoms with Gasteiger partial charge in [-0.1, -0.05) is 19.9 Å². The highest BCUT2D eigenvalue weighted by atomic mass is 15.2. The van der Waals surface area contributed by atoms with Crippen molar-refractivity contribution in [2.75, 3.05) is 0 Å². The Kier molecular flexibility index (Phi) is 4.36. The first-order chi connectivity index (χ1) is 8.60. The van der Waals surface area contributed by atoms with E-state index in [1.165, 1.54) is 30.4 Å². The third-order valence-corrected chi connectivity index (χ3v) is 4.12. The summed E-state index contributed by atoms with van der Waals surface area (Å²) in [6.07, 6.45) is 7.70. The molecule has 0 bridgehead atoms. The SMILES string of the molecule is Cc1cncc(C(NN)C2CC(C)CC(C)C2)c1. The molecule has 0 aromatic carbocycles. The molecule has 0 aliphatic heterocycles. The van der Waals surface area contributed by atoms with Crippen LogP contribution in [0.4, 0.5) is 0 Å². The summed E-state index contributed by atoms with van der Waals surface area (Å²) in [4.78, 5) is 4.29. The lowest BCUT2D eigenvalue weighted by molar-refractivity contribution is 0.177. The molecule has 1 aromatic rings. The zero-order valence-electron chi connectivity index (χ0n) is 11.7. The molecule has 1 fully saturated rings. The van der Waals surface area contributed by atoms with Crippen molar-refractivity contribution >= 4 is 0 Å². The molecule has 1 aromatic heterocycles. The maximum Gasteiger partial charge on any atom is 0.0503 e. The smallest absolute Gasteiger partial charge is 0.0503 e. The second-order valence-corrected chi connectivity index (χ2v) is 6.12. The van der Waals surface area contributed by atoms with Crippen LogP contribution in [0.1, 0.15) is 50.3 Å². The second-order valence-electron chi connectivity index (χ2n) is 6.12. The first kappa shape index (κ1) is 13.5. The van der Waals surface area contributed by atoms with Crippen molar-refractivity contribution in [2.45, 2.75) is 46.1 Å². The summed E-state index contributed by atoms with van der Waals surface area (Å²) in [5.41, 5.74) is 5.44. The molecule has 0 amide bonds. The molecule has 1 saturated carbocycles. The average Bonchev–Trinajstić information content (AvgIpc) is 2.28. The highest BCUT2D eigenvalue weighted by Crippen LogP contribution is 2.39. The number of rotatable bonds is 3. The third-order valence-electron chi connectivity index (χ3n) is 4.12. The summed E-state index contributed by atoms with van der Waals surface area (Å²) >= 11 is 0. The zero-order chi connectivity index (χ0) is 13.1.